The maximum atomic E-state index is 12.6. The molecule has 0 bridgehead atoms. The van der Waals surface area contributed by atoms with Gasteiger partial charge in [-0.05, 0) is 24.3 Å². The molecule has 19 heavy (non-hydrogen) atoms. The Labute approximate surface area is 115 Å². The van der Waals surface area contributed by atoms with Crippen molar-refractivity contribution in [2.75, 3.05) is 0 Å². The predicted octanol–water partition coefficient (Wildman–Crippen LogP) is 4.12. The van der Waals surface area contributed by atoms with Gasteiger partial charge in [-0.15, -0.1) is 0 Å². The van der Waals surface area contributed by atoms with E-state index in [1.54, 1.807) is 24.4 Å². The fraction of sp³-hybridized carbons (Fsp3) is 0. The van der Waals surface area contributed by atoms with Crippen LogP contribution in [0.2, 0.25) is 5.02 Å². The van der Waals surface area contributed by atoms with E-state index in [-0.39, 0.29) is 5.78 Å². The van der Waals surface area contributed by atoms with Crippen molar-refractivity contribution in [1.82, 2.24) is 4.98 Å². The van der Waals surface area contributed by atoms with E-state index in [1.165, 1.54) is 0 Å². The first kappa shape index (κ1) is 11.9. The van der Waals surface area contributed by atoms with Crippen LogP contribution in [0, 0.1) is 0 Å². The third kappa shape index (κ3) is 2.11. The molecule has 1 aromatic heterocycles. The second-order valence-electron chi connectivity index (χ2n) is 4.18. The summed E-state index contributed by atoms with van der Waals surface area (Å²) in [5.41, 5.74) is 1.94. The molecule has 0 aliphatic rings. The molecule has 0 fully saturated rings. The zero-order chi connectivity index (χ0) is 13.2. The minimum absolute atomic E-state index is 0.0794. The van der Waals surface area contributed by atoms with E-state index in [1.807, 2.05) is 36.4 Å². The van der Waals surface area contributed by atoms with E-state index in [4.69, 9.17) is 11.6 Å². The van der Waals surface area contributed by atoms with Crippen LogP contribution >= 0.6 is 11.6 Å². The molecule has 3 aromatic rings. The molecule has 2 aromatic carbocycles. The van der Waals surface area contributed by atoms with Crippen LogP contribution < -0.4 is 0 Å². The molecule has 0 aliphatic carbocycles. The molecule has 3 rings (SSSR count). The Bertz CT molecular complexity index is 762. The van der Waals surface area contributed by atoms with Gasteiger partial charge in [0, 0.05) is 22.7 Å². The molecular formula is C16H10ClNO. The minimum atomic E-state index is -0.0794. The summed E-state index contributed by atoms with van der Waals surface area (Å²) in [6.45, 7) is 0. The van der Waals surface area contributed by atoms with Crippen molar-refractivity contribution in [1.29, 1.82) is 0 Å². The van der Waals surface area contributed by atoms with Gasteiger partial charge in [-0.2, -0.15) is 0 Å². The monoisotopic (exact) mass is 267 g/mol. The number of halogens is 1. The zero-order valence-electron chi connectivity index (χ0n) is 10.0. The van der Waals surface area contributed by atoms with Crippen molar-refractivity contribution >= 4 is 28.3 Å². The minimum Gasteiger partial charge on any atom is -0.289 e. The highest BCUT2D eigenvalue weighted by atomic mass is 35.5. The van der Waals surface area contributed by atoms with Gasteiger partial charge in [-0.25, -0.2) is 0 Å². The summed E-state index contributed by atoms with van der Waals surface area (Å²) >= 11 is 6.08. The Hall–Kier alpha value is -2.19. The smallest absolute Gasteiger partial charge is 0.195 e. The topological polar surface area (TPSA) is 30.0 Å². The van der Waals surface area contributed by atoms with Gasteiger partial charge in [0.05, 0.1) is 10.5 Å². The maximum absolute atomic E-state index is 12.6. The van der Waals surface area contributed by atoms with E-state index in [2.05, 4.69) is 4.98 Å². The van der Waals surface area contributed by atoms with Crippen LogP contribution in [0.4, 0.5) is 0 Å². The Balaban J connectivity index is 2.20. The van der Waals surface area contributed by atoms with Crippen molar-refractivity contribution in [2.24, 2.45) is 0 Å². The number of carbonyl (C=O) groups excluding carboxylic acids is 1. The number of rotatable bonds is 2. The van der Waals surface area contributed by atoms with E-state index in [0.717, 1.165) is 10.9 Å². The molecule has 0 unspecified atom stereocenters. The van der Waals surface area contributed by atoms with Gasteiger partial charge in [-0.1, -0.05) is 41.9 Å². The lowest BCUT2D eigenvalue weighted by atomic mass is 9.99. The molecule has 2 nitrogen and oxygen atoms in total. The van der Waals surface area contributed by atoms with Crippen LogP contribution in [-0.4, -0.2) is 10.8 Å². The number of hydrogen-bond donors (Lipinski definition) is 0. The molecule has 0 atom stereocenters. The summed E-state index contributed by atoms with van der Waals surface area (Å²) in [5.74, 6) is -0.0794. The van der Waals surface area contributed by atoms with Crippen molar-refractivity contribution < 1.29 is 4.79 Å². The number of fused-ring (bicyclic) bond motifs is 1. The predicted molar refractivity (Wildman–Crippen MR) is 76.6 cm³/mol. The molecule has 3 heteroatoms. The largest absolute Gasteiger partial charge is 0.289 e. The Morgan fingerprint density at radius 3 is 2.53 bits per heavy atom. The molecule has 0 aliphatic heterocycles. The highest BCUT2D eigenvalue weighted by Crippen LogP contribution is 2.23. The SMILES string of the molecule is O=C(c1ccccc1Cl)c1cccc2ncccc12. The molecule has 0 saturated carbocycles. The van der Waals surface area contributed by atoms with Crippen molar-refractivity contribution in [2.45, 2.75) is 0 Å². The number of ketones is 1. The second kappa shape index (κ2) is 4.82. The lowest BCUT2D eigenvalue weighted by Gasteiger charge is -2.06. The summed E-state index contributed by atoms with van der Waals surface area (Å²) < 4.78 is 0. The summed E-state index contributed by atoms with van der Waals surface area (Å²) in [7, 11) is 0. The zero-order valence-corrected chi connectivity index (χ0v) is 10.8. The van der Waals surface area contributed by atoms with Crippen molar-refractivity contribution in [3.05, 3.63) is 76.9 Å². The number of aromatic nitrogens is 1. The summed E-state index contributed by atoms with van der Waals surface area (Å²) in [4.78, 5) is 16.8. The quantitative estimate of drug-likeness (QED) is 0.654. The summed E-state index contributed by atoms with van der Waals surface area (Å²) in [6.07, 6.45) is 1.71. The molecule has 92 valence electrons. The normalized spacial score (nSPS) is 10.6. The van der Waals surface area contributed by atoms with E-state index >= 15 is 0 Å². The lowest BCUT2D eigenvalue weighted by molar-refractivity contribution is 0.104. The summed E-state index contributed by atoms with van der Waals surface area (Å²) in [5, 5.41) is 1.31. The van der Waals surface area contributed by atoms with Crippen molar-refractivity contribution in [3.8, 4) is 0 Å². The fourth-order valence-electron chi connectivity index (χ4n) is 2.09. The van der Waals surface area contributed by atoms with Crippen LogP contribution in [0.5, 0.6) is 0 Å². The second-order valence-corrected chi connectivity index (χ2v) is 4.59. The van der Waals surface area contributed by atoms with Crippen LogP contribution in [0.1, 0.15) is 15.9 Å². The molecule has 1 heterocycles. The first-order chi connectivity index (χ1) is 9.27. The third-order valence-corrected chi connectivity index (χ3v) is 3.34. The number of pyridine rings is 1. The van der Waals surface area contributed by atoms with Gasteiger partial charge < -0.3 is 0 Å². The van der Waals surface area contributed by atoms with Gasteiger partial charge in [0.15, 0.2) is 5.78 Å². The first-order valence-electron chi connectivity index (χ1n) is 5.90. The van der Waals surface area contributed by atoms with E-state index in [9.17, 15) is 4.79 Å². The molecule has 0 radical (unpaired) electrons. The van der Waals surface area contributed by atoms with Crippen LogP contribution in [0.15, 0.2) is 60.8 Å². The molecule has 0 amide bonds. The number of nitrogens with zero attached hydrogens (tertiary/aromatic N) is 1. The first-order valence-corrected chi connectivity index (χ1v) is 6.28. The summed E-state index contributed by atoms with van der Waals surface area (Å²) in [6, 6.07) is 16.3. The van der Waals surface area contributed by atoms with Gasteiger partial charge in [0.1, 0.15) is 0 Å². The average molecular weight is 268 g/mol. The van der Waals surface area contributed by atoms with Gasteiger partial charge >= 0.3 is 0 Å². The standard InChI is InChI=1S/C16H10ClNO/c17-14-8-2-1-5-13(14)16(19)12-6-3-9-15-11(12)7-4-10-18-15/h1-10H. The van der Waals surface area contributed by atoms with E-state index in [0.29, 0.717) is 16.1 Å². The maximum Gasteiger partial charge on any atom is 0.195 e. The number of carbonyl (C=O) groups is 1. The highest BCUT2D eigenvalue weighted by Gasteiger charge is 2.14. The Morgan fingerprint density at radius 1 is 0.895 bits per heavy atom. The van der Waals surface area contributed by atoms with Gasteiger partial charge in [-0.3, -0.25) is 9.78 Å². The molecule has 0 spiro atoms. The third-order valence-electron chi connectivity index (χ3n) is 3.01. The lowest BCUT2D eigenvalue weighted by Crippen LogP contribution is -2.03. The fourth-order valence-corrected chi connectivity index (χ4v) is 2.31. The van der Waals surface area contributed by atoms with Crippen LogP contribution in [0.25, 0.3) is 10.9 Å². The van der Waals surface area contributed by atoms with Crippen molar-refractivity contribution in [3.63, 3.8) is 0 Å². The average Bonchev–Trinajstić information content (AvgIpc) is 2.46. The van der Waals surface area contributed by atoms with Gasteiger partial charge in [0.25, 0.3) is 0 Å². The molecule has 0 saturated heterocycles. The Kier molecular flexibility index (Phi) is 3.02. The van der Waals surface area contributed by atoms with Gasteiger partial charge in [0.2, 0.25) is 0 Å². The van der Waals surface area contributed by atoms with Crippen LogP contribution in [0.3, 0.4) is 0 Å². The highest BCUT2D eigenvalue weighted by molar-refractivity contribution is 6.35. The molecule has 0 N–H and O–H groups in total. The van der Waals surface area contributed by atoms with Crippen LogP contribution in [-0.2, 0) is 0 Å². The van der Waals surface area contributed by atoms with E-state index < -0.39 is 0 Å². The Morgan fingerprint density at radius 2 is 1.68 bits per heavy atom. The number of benzene rings is 2. The number of hydrogen-bond acceptors (Lipinski definition) is 2. The molecular weight excluding hydrogens is 258 g/mol.